The van der Waals surface area contributed by atoms with Crippen molar-refractivity contribution in [2.45, 2.75) is 147 Å². The fraction of sp³-hybridized carbons (Fsp3) is 0.333. The molecule has 16 rings (SSSR count). The lowest BCUT2D eigenvalue weighted by Gasteiger charge is -2.12. The molecule has 14 heterocycles. The fourth-order valence-electron chi connectivity index (χ4n) is 13.1. The van der Waals surface area contributed by atoms with Crippen molar-refractivity contribution >= 4 is 189 Å². The first-order valence-electron chi connectivity index (χ1n) is 38.6. The van der Waals surface area contributed by atoms with Crippen LogP contribution in [0.15, 0.2) is 163 Å². The van der Waals surface area contributed by atoms with Crippen molar-refractivity contribution in [1.82, 2.24) is 50.1 Å². The van der Waals surface area contributed by atoms with Gasteiger partial charge in [0.25, 0.3) is 0 Å². The number of nitrogen functional groups attached to an aromatic ring is 2. The number of carbonyl (C=O) groups excluding carboxylic acids is 1. The number of fused-ring (bicyclic) bond motifs is 4. The van der Waals surface area contributed by atoms with E-state index in [1.807, 2.05) is 128 Å². The topological polar surface area (TPSA) is 354 Å². The molecule has 0 fully saturated rings. The molecule has 0 saturated carbocycles. The summed E-state index contributed by atoms with van der Waals surface area (Å²) in [5.74, 6) is 2.37. The van der Waals surface area contributed by atoms with Crippen molar-refractivity contribution < 1.29 is 35.2 Å². The average Bonchev–Trinajstić information content (AvgIpc) is 1.63. The number of aromatic nitrogens is 8. The summed E-state index contributed by atoms with van der Waals surface area (Å²) in [6.45, 7) is 15.8. The monoisotopic (exact) mass is 1740 g/mol. The Morgan fingerprint density at radius 2 is 1.03 bits per heavy atom. The summed E-state index contributed by atoms with van der Waals surface area (Å²) < 4.78 is 68.7. The van der Waals surface area contributed by atoms with Crippen LogP contribution in [0.25, 0.3) is 109 Å². The normalized spacial score (nSPS) is 14.7. The number of carbonyl (C=O) groups is 1. The number of anilines is 2. The van der Waals surface area contributed by atoms with Crippen LogP contribution >= 0.6 is 56.7 Å². The van der Waals surface area contributed by atoms with E-state index in [0.29, 0.717) is 84.3 Å². The van der Waals surface area contributed by atoms with Crippen molar-refractivity contribution in [3.63, 3.8) is 0 Å². The van der Waals surface area contributed by atoms with Crippen LogP contribution in [0.4, 0.5) is 16.2 Å². The van der Waals surface area contributed by atoms with Gasteiger partial charge in [-0.15, -0.1) is 56.7 Å². The summed E-state index contributed by atoms with van der Waals surface area (Å²) in [5.41, 5.74) is 39.1. The molecule has 3 aliphatic heterocycles. The van der Waals surface area contributed by atoms with Gasteiger partial charge in [-0.2, -0.15) is 0 Å². The molecule has 0 saturated heterocycles. The van der Waals surface area contributed by atoms with Gasteiger partial charge < -0.3 is 41.0 Å². The Bertz CT molecular complexity index is 5920. The summed E-state index contributed by atoms with van der Waals surface area (Å²) in [4.78, 5) is 65.2. The Morgan fingerprint density at radius 1 is 0.538 bits per heavy atom. The Labute approximate surface area is 709 Å². The van der Waals surface area contributed by atoms with E-state index in [4.69, 9.17) is 40.7 Å². The number of nitrogens with two attached hydrogens (primary N) is 3. The van der Waals surface area contributed by atoms with E-state index in [9.17, 15) is 21.6 Å². The van der Waals surface area contributed by atoms with Crippen molar-refractivity contribution in [3.8, 4) is 53.9 Å². The second-order valence-electron chi connectivity index (χ2n) is 28.4. The maximum absolute atomic E-state index is 13.0. The molecule has 1 amide bonds. The van der Waals surface area contributed by atoms with Crippen molar-refractivity contribution in [1.29, 1.82) is 0 Å². The maximum Gasteiger partial charge on any atom is 0.407 e. The Kier molecular flexibility index (Phi) is 29.1. The largest absolute Gasteiger partial charge is 0.445 e. The number of rotatable bonds is 29. The standard InChI is InChI=1S/C26H31N5O3S3.C20H22N4OS2.C19H20N4O2S2.C19H19N3O2S2/c1-4-5-14-37(33)25-22(27)21-19(15-20(30-24(21)36-25)23-28-11-13-35-23)18-8-6-17(7-9-18)16-34-26(32)29-10-12-31(2)3;1-3-4-7-27(25)17-10-15-18(19(17)21)14(13-8-12(2)23-11-13)9-16(24-15)20-22-5-6-26-20;1-3-4-7-27(24)19-16(20)15-13(12-8-11(2)22-10-12)9-14(23-17(15)25-19)18-21-5-6-26-18;1-3-4-7-26(23)17-10-15-14(13-8-12(2)21-11-13)9-16(22-18(15)24-17)19-20-5-6-25-19/h6-9,11,13,15H,4-5,10,12,14,16,27H2,1-3H3,(H,29,32);5-6,9,11H,3-4,7-8,10,21H2,1-2H3;5-6,9-10H,3-4,7-8,20H2,1-2H3;5-6,9-11H,3-4,7-8H2,1-2H3. The first-order chi connectivity index (χ1) is 56.7. The van der Waals surface area contributed by atoms with Gasteiger partial charge in [0.15, 0.2) is 5.09 Å². The zero-order chi connectivity index (χ0) is 82.4. The van der Waals surface area contributed by atoms with Crippen LogP contribution < -0.4 is 22.5 Å². The number of allylic oxidation sites excluding steroid dienone is 4. The number of hydrogen-bond donors (Lipinski definition) is 4. The zero-order valence-electron chi connectivity index (χ0n) is 66.5. The summed E-state index contributed by atoms with van der Waals surface area (Å²) in [6.07, 6.45) is 22.7. The van der Waals surface area contributed by atoms with E-state index in [1.54, 1.807) is 36.1 Å². The number of furan rings is 2. The molecule has 0 radical (unpaired) electrons. The van der Waals surface area contributed by atoms with Gasteiger partial charge in [-0.05, 0) is 135 Å². The SMILES string of the molecule is CCCCS(=O)C1=C(N)c2c(C3=CN=C(C)C3)cc(-c3nccs3)nc2C1.CCCCS(=O)c1cc2c(C3=CN=C(C)C3)cc(-c3nccs3)nc2o1.CCCCS(=O)c1oc2nc(-c3nccs3)cc(C3=CN=C(C)C3)c2c1N.CCCCS(=O)c1sc2nc(-c3nccs3)cc(-c3ccc(COC(=O)NCCN(C)C)cc3)c2c1N. The highest BCUT2D eigenvalue weighted by Gasteiger charge is 2.32. The zero-order valence-corrected chi connectivity index (χ0v) is 73.9. The number of pyridine rings is 4. The molecule has 1 aliphatic carbocycles. The molecule has 33 heteroatoms. The summed E-state index contributed by atoms with van der Waals surface area (Å²) >= 11 is 7.53. The second kappa shape index (κ2) is 39.9. The van der Waals surface area contributed by atoms with Crippen LogP contribution in [0.5, 0.6) is 0 Å². The highest BCUT2D eigenvalue weighted by molar-refractivity contribution is 7.89. The van der Waals surface area contributed by atoms with Gasteiger partial charge in [-0.3, -0.25) is 31.8 Å². The third-order valence-corrected chi connectivity index (χ3v) is 29.7. The summed E-state index contributed by atoms with van der Waals surface area (Å²) in [7, 11) is -0.759. The van der Waals surface area contributed by atoms with Gasteiger partial charge in [0, 0.05) is 171 Å². The molecule has 610 valence electrons. The molecule has 1 aromatic carbocycles. The molecule has 117 heavy (non-hydrogen) atoms. The lowest BCUT2D eigenvalue weighted by Crippen LogP contribution is -2.31. The highest BCUT2D eigenvalue weighted by atomic mass is 32.2. The minimum atomic E-state index is -1.28. The number of alkyl carbamates (subject to hydrolysis) is 1. The van der Waals surface area contributed by atoms with Gasteiger partial charge in [-0.1, -0.05) is 77.6 Å². The average molecular weight is 1740 g/mol. The van der Waals surface area contributed by atoms with Crippen LogP contribution in [0, 0.1) is 0 Å². The van der Waals surface area contributed by atoms with Crippen LogP contribution in [0.1, 0.15) is 153 Å². The van der Waals surface area contributed by atoms with Gasteiger partial charge in [0.1, 0.15) is 52.8 Å². The molecule has 24 nitrogen and oxygen atoms in total. The third kappa shape index (κ3) is 20.5. The smallest absolute Gasteiger partial charge is 0.407 e. The first kappa shape index (κ1) is 85.5. The number of amides is 1. The molecule has 4 unspecified atom stereocenters. The molecular weight excluding hydrogens is 1650 g/mol. The molecule has 4 aliphatic rings. The minimum Gasteiger partial charge on any atom is -0.445 e. The lowest BCUT2D eigenvalue weighted by molar-refractivity contribution is 0.139. The van der Waals surface area contributed by atoms with Crippen molar-refractivity contribution in [2.75, 3.05) is 61.7 Å². The van der Waals surface area contributed by atoms with Crippen molar-refractivity contribution in [2.24, 2.45) is 20.7 Å². The van der Waals surface area contributed by atoms with E-state index in [-0.39, 0.29) is 6.61 Å². The molecule has 12 aromatic rings. The van der Waals surface area contributed by atoms with Gasteiger partial charge >= 0.3 is 6.09 Å². The van der Waals surface area contributed by atoms with E-state index >= 15 is 0 Å². The molecular formula is C84H92N16O8S9. The van der Waals surface area contributed by atoms with Gasteiger partial charge in [-0.25, -0.2) is 44.7 Å². The van der Waals surface area contributed by atoms with Crippen LogP contribution in [0.2, 0.25) is 0 Å². The predicted octanol–water partition coefficient (Wildman–Crippen LogP) is 19.2. The first-order valence-corrected chi connectivity index (χ1v) is 48.2. The maximum atomic E-state index is 13.0. The number of thiazole rings is 4. The fourth-order valence-corrected chi connectivity index (χ4v) is 22.2. The number of hydrogen-bond acceptors (Lipinski definition) is 28. The van der Waals surface area contributed by atoms with Crippen molar-refractivity contribution in [3.05, 3.63) is 158 Å². The number of unbranched alkanes of at least 4 members (excludes halogenated alkanes) is 4. The predicted molar refractivity (Wildman–Crippen MR) is 486 cm³/mol. The number of thiophene rings is 1. The Balaban J connectivity index is 0.000000137. The minimum absolute atomic E-state index is 0.172. The van der Waals surface area contributed by atoms with E-state index < -0.39 is 49.3 Å². The molecule has 4 atom stereocenters. The number of ether oxygens (including phenoxy) is 1. The van der Waals surface area contributed by atoms with Crippen LogP contribution in [0.3, 0.4) is 0 Å². The van der Waals surface area contributed by atoms with Gasteiger partial charge in [0.05, 0.1) is 77.0 Å². The highest BCUT2D eigenvalue weighted by Crippen LogP contribution is 2.46. The number of likely N-dealkylation sites (N-methyl/N-ethyl adjacent to an activating group) is 1. The molecule has 0 bridgehead atoms. The quantitative estimate of drug-likeness (QED) is 0.0338. The Hall–Kier alpha value is -9.42. The third-order valence-electron chi connectivity index (χ3n) is 19.2. The lowest BCUT2D eigenvalue weighted by atomic mass is 9.96. The molecule has 0 spiro atoms. The van der Waals surface area contributed by atoms with Gasteiger partial charge in [0.2, 0.25) is 16.5 Å². The number of nitrogens with zero attached hydrogens (tertiary/aromatic N) is 12. The summed E-state index contributed by atoms with van der Waals surface area (Å²) in [6, 6.07) is 17.8. The number of aliphatic imine (C=N–C) groups is 3. The number of nitrogens with one attached hydrogen (secondary N) is 1. The van der Waals surface area contributed by atoms with Crippen LogP contribution in [-0.2, 0) is 61.0 Å². The van der Waals surface area contributed by atoms with Crippen LogP contribution in [-0.4, -0.2) is 135 Å². The molecule has 11 aromatic heterocycles. The van der Waals surface area contributed by atoms with E-state index in [1.165, 1.54) is 45.3 Å². The van der Waals surface area contributed by atoms with E-state index in [2.05, 4.69) is 84.0 Å². The van der Waals surface area contributed by atoms with E-state index in [0.717, 1.165) is 219 Å². The second-order valence-corrected chi connectivity index (χ2v) is 39.3. The Morgan fingerprint density at radius 3 is 1.56 bits per heavy atom. The number of benzene rings is 1. The summed E-state index contributed by atoms with van der Waals surface area (Å²) in [5, 5.41) is 17.0. The molecule has 7 N–H and O–H groups in total.